The molecule has 3 rings (SSSR count). The van der Waals surface area contributed by atoms with Crippen LogP contribution in [0.3, 0.4) is 0 Å². The van der Waals surface area contributed by atoms with Gasteiger partial charge in [-0.2, -0.15) is 0 Å². The molecule has 2 N–H and O–H groups in total. The van der Waals surface area contributed by atoms with Crippen molar-refractivity contribution < 1.29 is 4.79 Å². The van der Waals surface area contributed by atoms with E-state index in [2.05, 4.69) is 15.6 Å². The molecule has 1 atom stereocenters. The van der Waals surface area contributed by atoms with Crippen molar-refractivity contribution in [1.29, 1.82) is 0 Å². The van der Waals surface area contributed by atoms with Crippen LogP contribution in [0.15, 0.2) is 60.0 Å². The number of carbonyl (C=O) groups excluding carboxylic acids is 1. The molecule has 0 aliphatic heterocycles. The summed E-state index contributed by atoms with van der Waals surface area (Å²) in [5, 5.41) is 9.21. The molecule has 0 unspecified atom stereocenters. The molecule has 1 aromatic heterocycles. The van der Waals surface area contributed by atoms with Gasteiger partial charge in [0.05, 0.1) is 11.6 Å². The maximum Gasteiger partial charge on any atom is 0.231 e. The Hall–Kier alpha value is -2.66. The van der Waals surface area contributed by atoms with Crippen molar-refractivity contribution in [2.45, 2.75) is 26.2 Å². The fraction of sp³-hybridized carbons (Fsp3) is 0.238. The van der Waals surface area contributed by atoms with Crippen LogP contribution in [0.25, 0.3) is 11.3 Å². The molecule has 134 valence electrons. The second-order valence-electron chi connectivity index (χ2n) is 6.01. The highest BCUT2D eigenvalue weighted by atomic mass is 32.1. The first-order valence-corrected chi connectivity index (χ1v) is 9.74. The molecule has 1 amide bonds. The Morgan fingerprint density at radius 1 is 1.12 bits per heavy atom. The first-order chi connectivity index (χ1) is 12.7. The monoisotopic (exact) mass is 365 g/mol. The number of hydrogen-bond acceptors (Lipinski definition) is 4. The summed E-state index contributed by atoms with van der Waals surface area (Å²) in [4.78, 5) is 17.3. The van der Waals surface area contributed by atoms with Crippen molar-refractivity contribution >= 4 is 28.1 Å². The summed E-state index contributed by atoms with van der Waals surface area (Å²) in [6.45, 7) is 4.93. The topological polar surface area (TPSA) is 54.0 Å². The van der Waals surface area contributed by atoms with Crippen molar-refractivity contribution in [3.05, 3.63) is 65.5 Å². The van der Waals surface area contributed by atoms with E-state index in [1.807, 2.05) is 73.8 Å². The highest BCUT2D eigenvalue weighted by Gasteiger charge is 2.18. The fourth-order valence-corrected chi connectivity index (χ4v) is 3.67. The summed E-state index contributed by atoms with van der Waals surface area (Å²) in [5.41, 5.74) is 3.74. The number of anilines is 2. The Labute approximate surface area is 158 Å². The maximum atomic E-state index is 12.7. The minimum Gasteiger partial charge on any atom is -0.362 e. The Kier molecular flexibility index (Phi) is 6.02. The second-order valence-corrected chi connectivity index (χ2v) is 6.87. The van der Waals surface area contributed by atoms with Gasteiger partial charge in [-0.05, 0) is 31.0 Å². The lowest BCUT2D eigenvalue weighted by atomic mass is 9.95. The lowest BCUT2D eigenvalue weighted by Gasteiger charge is -2.15. The summed E-state index contributed by atoms with van der Waals surface area (Å²) in [6, 6.07) is 17.7. The van der Waals surface area contributed by atoms with Crippen molar-refractivity contribution in [3.63, 3.8) is 0 Å². The highest BCUT2D eigenvalue weighted by Crippen LogP contribution is 2.28. The minimum atomic E-state index is -0.153. The largest absolute Gasteiger partial charge is 0.362 e. The Morgan fingerprint density at radius 2 is 1.92 bits per heavy atom. The van der Waals surface area contributed by atoms with Crippen LogP contribution in [0.4, 0.5) is 10.8 Å². The quantitative estimate of drug-likeness (QED) is 0.591. The molecule has 4 nitrogen and oxygen atoms in total. The zero-order chi connectivity index (χ0) is 18.4. The zero-order valence-electron chi connectivity index (χ0n) is 15.0. The predicted octanol–water partition coefficient (Wildman–Crippen LogP) is 5.37. The number of hydrogen-bond donors (Lipinski definition) is 2. The standard InChI is InChI=1S/C21H23N3OS/c1-3-18(15-9-6-5-7-10-15)20(25)23-17-12-8-11-16(13-17)19-14-26-21(24-19)22-4-2/h5-14,18H,3-4H2,1-2H3,(H,22,24)(H,23,25)/t18-/m0/s1. The van der Waals surface area contributed by atoms with Crippen LogP contribution in [0.1, 0.15) is 31.7 Å². The van der Waals surface area contributed by atoms with E-state index < -0.39 is 0 Å². The van der Waals surface area contributed by atoms with Crippen molar-refractivity contribution in [2.24, 2.45) is 0 Å². The van der Waals surface area contributed by atoms with Crippen molar-refractivity contribution in [2.75, 3.05) is 17.2 Å². The average Bonchev–Trinajstić information content (AvgIpc) is 3.12. The third kappa shape index (κ3) is 4.29. The van der Waals surface area contributed by atoms with Crippen LogP contribution >= 0.6 is 11.3 Å². The van der Waals surface area contributed by atoms with E-state index >= 15 is 0 Å². The Bertz CT molecular complexity index is 860. The van der Waals surface area contributed by atoms with Crippen LogP contribution < -0.4 is 10.6 Å². The summed E-state index contributed by atoms with van der Waals surface area (Å²) in [5.74, 6) is -0.137. The molecule has 0 saturated carbocycles. The van der Waals surface area contributed by atoms with Crippen molar-refractivity contribution in [3.8, 4) is 11.3 Å². The van der Waals surface area contributed by atoms with Gasteiger partial charge < -0.3 is 10.6 Å². The lowest BCUT2D eigenvalue weighted by Crippen LogP contribution is -2.20. The molecule has 0 radical (unpaired) electrons. The lowest BCUT2D eigenvalue weighted by molar-refractivity contribution is -0.117. The summed E-state index contributed by atoms with van der Waals surface area (Å²) in [6.07, 6.45) is 0.758. The van der Waals surface area contributed by atoms with E-state index in [4.69, 9.17) is 0 Å². The number of carbonyl (C=O) groups is 1. The second kappa shape index (κ2) is 8.63. The van der Waals surface area contributed by atoms with Gasteiger partial charge in [0.1, 0.15) is 0 Å². The molecule has 0 aliphatic carbocycles. The van der Waals surface area contributed by atoms with Gasteiger partial charge in [0, 0.05) is 23.2 Å². The third-order valence-corrected chi connectivity index (χ3v) is 4.98. The van der Waals surface area contributed by atoms with Gasteiger partial charge in [-0.15, -0.1) is 11.3 Å². The third-order valence-electron chi connectivity index (χ3n) is 4.18. The normalized spacial score (nSPS) is 11.8. The van der Waals surface area contributed by atoms with Crippen LogP contribution in [-0.4, -0.2) is 17.4 Å². The average molecular weight is 366 g/mol. The minimum absolute atomic E-state index is 0.0162. The summed E-state index contributed by atoms with van der Waals surface area (Å²) < 4.78 is 0. The number of amides is 1. The fourth-order valence-electron chi connectivity index (χ4n) is 2.88. The number of thiazole rings is 1. The van der Waals surface area contributed by atoms with Crippen LogP contribution in [0, 0.1) is 0 Å². The molecule has 3 aromatic rings. The van der Waals surface area contributed by atoms with Gasteiger partial charge in [0.25, 0.3) is 0 Å². The van der Waals surface area contributed by atoms with E-state index in [-0.39, 0.29) is 11.8 Å². The van der Waals surface area contributed by atoms with Gasteiger partial charge in [0.15, 0.2) is 5.13 Å². The number of nitrogens with zero attached hydrogens (tertiary/aromatic N) is 1. The smallest absolute Gasteiger partial charge is 0.231 e. The van der Waals surface area contributed by atoms with Gasteiger partial charge >= 0.3 is 0 Å². The molecule has 0 fully saturated rings. The first-order valence-electron chi connectivity index (χ1n) is 8.87. The van der Waals surface area contributed by atoms with Crippen molar-refractivity contribution in [1.82, 2.24) is 4.98 Å². The molecule has 0 spiro atoms. The first kappa shape index (κ1) is 18.1. The van der Waals surface area contributed by atoms with Gasteiger partial charge in [-0.25, -0.2) is 4.98 Å². The molecule has 1 heterocycles. The molecular weight excluding hydrogens is 342 g/mol. The van der Waals surface area contributed by atoms with Gasteiger partial charge in [-0.3, -0.25) is 4.79 Å². The van der Waals surface area contributed by atoms with Gasteiger partial charge in [-0.1, -0.05) is 49.4 Å². The molecule has 2 aromatic carbocycles. The van der Waals surface area contributed by atoms with E-state index in [9.17, 15) is 4.79 Å². The van der Waals surface area contributed by atoms with Crippen LogP contribution in [-0.2, 0) is 4.79 Å². The maximum absolute atomic E-state index is 12.7. The van der Waals surface area contributed by atoms with E-state index in [0.717, 1.165) is 40.6 Å². The molecule has 0 saturated heterocycles. The Balaban J connectivity index is 1.76. The van der Waals surface area contributed by atoms with E-state index in [0.29, 0.717) is 0 Å². The van der Waals surface area contributed by atoms with Crippen LogP contribution in [0.5, 0.6) is 0 Å². The number of nitrogens with one attached hydrogen (secondary N) is 2. The van der Waals surface area contributed by atoms with E-state index in [1.54, 1.807) is 11.3 Å². The van der Waals surface area contributed by atoms with E-state index in [1.165, 1.54) is 0 Å². The Morgan fingerprint density at radius 3 is 2.65 bits per heavy atom. The number of aromatic nitrogens is 1. The summed E-state index contributed by atoms with van der Waals surface area (Å²) in [7, 11) is 0. The van der Waals surface area contributed by atoms with Gasteiger partial charge in [0.2, 0.25) is 5.91 Å². The molecular formula is C21H23N3OS. The molecule has 0 aliphatic rings. The predicted molar refractivity (Wildman–Crippen MR) is 110 cm³/mol. The SMILES string of the molecule is CCNc1nc(-c2cccc(NC(=O)[C@@H](CC)c3ccccc3)c2)cs1. The highest BCUT2D eigenvalue weighted by molar-refractivity contribution is 7.14. The summed E-state index contributed by atoms with van der Waals surface area (Å²) >= 11 is 1.58. The number of benzene rings is 2. The number of rotatable bonds is 7. The zero-order valence-corrected chi connectivity index (χ0v) is 15.8. The van der Waals surface area contributed by atoms with Crippen LogP contribution in [0.2, 0.25) is 0 Å². The molecule has 0 bridgehead atoms. The molecule has 26 heavy (non-hydrogen) atoms. The molecule has 5 heteroatoms.